The standard InChI is InChI=1S/C5H7NO2S/c1-7-8-3-5(2-6)4-9/h4,9H,3H2,1H3/b5-4+. The number of nitriles is 1. The highest BCUT2D eigenvalue weighted by molar-refractivity contribution is 7.83. The molecule has 0 aromatic carbocycles. The van der Waals surface area contributed by atoms with Crippen molar-refractivity contribution in [2.75, 3.05) is 13.7 Å². The fraction of sp³-hybridized carbons (Fsp3) is 0.400. The summed E-state index contributed by atoms with van der Waals surface area (Å²) in [6.07, 6.45) is 0. The third-order valence-corrected chi connectivity index (χ3v) is 0.943. The number of nitrogens with zero attached hydrogens (tertiary/aromatic N) is 1. The molecular formula is C5H7NO2S. The second-order valence-electron chi connectivity index (χ2n) is 1.19. The van der Waals surface area contributed by atoms with Crippen LogP contribution in [0.2, 0.25) is 0 Å². The Morgan fingerprint density at radius 1 is 1.89 bits per heavy atom. The zero-order chi connectivity index (χ0) is 7.11. The van der Waals surface area contributed by atoms with Gasteiger partial charge in [0.15, 0.2) is 0 Å². The Kier molecular flexibility index (Phi) is 5.32. The molecule has 0 fully saturated rings. The Morgan fingerprint density at radius 3 is 2.89 bits per heavy atom. The monoisotopic (exact) mass is 145 g/mol. The average molecular weight is 145 g/mol. The van der Waals surface area contributed by atoms with Crippen LogP contribution in [0.5, 0.6) is 0 Å². The molecule has 4 heteroatoms. The predicted molar refractivity (Wildman–Crippen MR) is 35.6 cm³/mol. The molecule has 0 N–H and O–H groups in total. The molecule has 0 aliphatic heterocycles. The highest BCUT2D eigenvalue weighted by atomic mass is 32.1. The maximum atomic E-state index is 8.25. The van der Waals surface area contributed by atoms with Gasteiger partial charge in [0.25, 0.3) is 0 Å². The number of rotatable bonds is 3. The molecular weight excluding hydrogens is 138 g/mol. The first-order valence-corrected chi connectivity index (χ1v) is 2.75. The summed E-state index contributed by atoms with van der Waals surface area (Å²) >= 11 is 3.75. The molecule has 0 atom stereocenters. The van der Waals surface area contributed by atoms with Crippen molar-refractivity contribution in [1.82, 2.24) is 0 Å². The fourth-order valence-electron chi connectivity index (χ4n) is 0.221. The molecule has 0 heterocycles. The number of thiol groups is 1. The quantitative estimate of drug-likeness (QED) is 0.278. The number of hydrogen-bond acceptors (Lipinski definition) is 4. The van der Waals surface area contributed by atoms with Crippen LogP contribution in [0.4, 0.5) is 0 Å². The molecule has 0 aromatic rings. The van der Waals surface area contributed by atoms with E-state index in [4.69, 9.17) is 5.26 Å². The van der Waals surface area contributed by atoms with E-state index in [0.717, 1.165) is 0 Å². The largest absolute Gasteiger partial charge is 0.240 e. The first kappa shape index (κ1) is 8.50. The van der Waals surface area contributed by atoms with Crippen LogP contribution in [-0.4, -0.2) is 13.7 Å². The first-order chi connectivity index (χ1) is 4.35. The van der Waals surface area contributed by atoms with Gasteiger partial charge in [0.05, 0.1) is 18.8 Å². The second kappa shape index (κ2) is 5.63. The normalized spacial score (nSPS) is 11.0. The van der Waals surface area contributed by atoms with Gasteiger partial charge < -0.3 is 0 Å². The van der Waals surface area contributed by atoms with Crippen LogP contribution in [0, 0.1) is 11.3 Å². The van der Waals surface area contributed by atoms with E-state index in [0.29, 0.717) is 5.57 Å². The zero-order valence-electron chi connectivity index (χ0n) is 5.00. The second-order valence-corrected chi connectivity index (χ2v) is 1.45. The van der Waals surface area contributed by atoms with E-state index < -0.39 is 0 Å². The molecule has 0 aliphatic carbocycles. The Bertz CT molecular complexity index is 138. The van der Waals surface area contributed by atoms with Gasteiger partial charge in [-0.05, 0) is 5.41 Å². The first-order valence-electron chi connectivity index (χ1n) is 2.24. The van der Waals surface area contributed by atoms with E-state index in [1.807, 2.05) is 6.07 Å². The zero-order valence-corrected chi connectivity index (χ0v) is 5.89. The van der Waals surface area contributed by atoms with Crippen molar-refractivity contribution in [2.24, 2.45) is 0 Å². The van der Waals surface area contributed by atoms with Crippen molar-refractivity contribution in [3.8, 4) is 6.07 Å². The van der Waals surface area contributed by atoms with Gasteiger partial charge in [-0.25, -0.2) is 9.78 Å². The van der Waals surface area contributed by atoms with Gasteiger partial charge in [-0.2, -0.15) is 17.9 Å². The molecule has 0 aliphatic rings. The summed E-state index contributed by atoms with van der Waals surface area (Å²) in [6, 6.07) is 1.87. The van der Waals surface area contributed by atoms with Crippen molar-refractivity contribution in [3.63, 3.8) is 0 Å². The Balaban J connectivity index is 3.49. The van der Waals surface area contributed by atoms with Crippen LogP contribution in [-0.2, 0) is 9.78 Å². The highest BCUT2D eigenvalue weighted by Crippen LogP contribution is 1.94. The molecule has 0 bridgehead atoms. The molecule has 3 nitrogen and oxygen atoms in total. The lowest BCUT2D eigenvalue weighted by atomic mass is 10.4. The molecule has 0 amide bonds. The summed E-state index contributed by atoms with van der Waals surface area (Å²) in [5.74, 6) is 0. The van der Waals surface area contributed by atoms with E-state index in [1.165, 1.54) is 12.5 Å². The van der Waals surface area contributed by atoms with Crippen LogP contribution in [0.15, 0.2) is 11.0 Å². The fourth-order valence-corrected chi connectivity index (χ4v) is 0.353. The van der Waals surface area contributed by atoms with Gasteiger partial charge in [0, 0.05) is 0 Å². The summed E-state index contributed by atoms with van der Waals surface area (Å²) in [6.45, 7) is 0.149. The SMILES string of the molecule is COOC/C(C#N)=C/S. The lowest BCUT2D eigenvalue weighted by molar-refractivity contribution is -0.264. The van der Waals surface area contributed by atoms with Crippen LogP contribution < -0.4 is 0 Å². The van der Waals surface area contributed by atoms with Crippen molar-refractivity contribution in [2.45, 2.75) is 0 Å². The molecule has 0 saturated heterocycles. The Hall–Kier alpha value is -0.500. The Morgan fingerprint density at radius 2 is 2.56 bits per heavy atom. The molecule has 0 spiro atoms. The topological polar surface area (TPSA) is 42.2 Å². The molecule has 9 heavy (non-hydrogen) atoms. The summed E-state index contributed by atoms with van der Waals surface area (Å²) in [4.78, 5) is 8.69. The lowest BCUT2D eigenvalue weighted by Gasteiger charge is -1.94. The molecule has 0 unspecified atom stereocenters. The summed E-state index contributed by atoms with van der Waals surface area (Å²) in [5.41, 5.74) is 0.431. The van der Waals surface area contributed by atoms with Crippen molar-refractivity contribution < 1.29 is 9.78 Å². The maximum absolute atomic E-state index is 8.25. The third-order valence-electron chi connectivity index (χ3n) is 0.632. The minimum absolute atomic E-state index is 0.149. The van der Waals surface area contributed by atoms with Gasteiger partial charge in [-0.3, -0.25) is 0 Å². The summed E-state index contributed by atoms with van der Waals surface area (Å²) in [7, 11) is 1.38. The predicted octanol–water partition coefficient (Wildman–Crippen LogP) is 0.902. The van der Waals surface area contributed by atoms with Gasteiger partial charge >= 0.3 is 0 Å². The maximum Gasteiger partial charge on any atom is 0.118 e. The van der Waals surface area contributed by atoms with Gasteiger partial charge in [0.2, 0.25) is 0 Å². The molecule has 0 aromatic heterocycles. The minimum Gasteiger partial charge on any atom is -0.240 e. The number of hydrogen-bond donors (Lipinski definition) is 1. The summed E-state index contributed by atoms with van der Waals surface area (Å²) in [5, 5.41) is 9.62. The van der Waals surface area contributed by atoms with E-state index in [9.17, 15) is 0 Å². The van der Waals surface area contributed by atoms with Crippen LogP contribution in [0.1, 0.15) is 0 Å². The molecule has 0 radical (unpaired) electrons. The van der Waals surface area contributed by atoms with E-state index in [2.05, 4.69) is 22.4 Å². The molecule has 0 saturated carbocycles. The van der Waals surface area contributed by atoms with Gasteiger partial charge in [-0.15, -0.1) is 0 Å². The Labute approximate surface area is 59.2 Å². The minimum atomic E-state index is 0.149. The van der Waals surface area contributed by atoms with E-state index in [-0.39, 0.29) is 6.61 Å². The highest BCUT2D eigenvalue weighted by Gasteiger charge is 1.91. The summed E-state index contributed by atoms with van der Waals surface area (Å²) < 4.78 is 0. The van der Waals surface area contributed by atoms with E-state index in [1.54, 1.807) is 0 Å². The van der Waals surface area contributed by atoms with Crippen molar-refractivity contribution in [3.05, 3.63) is 11.0 Å². The molecule has 50 valence electrons. The van der Waals surface area contributed by atoms with E-state index >= 15 is 0 Å². The lowest BCUT2D eigenvalue weighted by Crippen LogP contribution is -1.93. The van der Waals surface area contributed by atoms with Crippen LogP contribution in [0.3, 0.4) is 0 Å². The van der Waals surface area contributed by atoms with Crippen molar-refractivity contribution in [1.29, 1.82) is 5.26 Å². The third kappa shape index (κ3) is 4.03. The molecule has 0 rings (SSSR count). The van der Waals surface area contributed by atoms with Crippen LogP contribution in [0.25, 0.3) is 0 Å². The van der Waals surface area contributed by atoms with Crippen molar-refractivity contribution >= 4 is 12.6 Å². The van der Waals surface area contributed by atoms with Gasteiger partial charge in [-0.1, -0.05) is 0 Å². The smallest absolute Gasteiger partial charge is 0.118 e. The van der Waals surface area contributed by atoms with Crippen LogP contribution >= 0.6 is 12.6 Å². The average Bonchev–Trinajstić information content (AvgIpc) is 1.91. The van der Waals surface area contributed by atoms with Gasteiger partial charge in [0.1, 0.15) is 6.61 Å².